The van der Waals surface area contributed by atoms with Crippen molar-refractivity contribution in [3.63, 3.8) is 0 Å². The minimum Gasteiger partial charge on any atom is -0.494 e. The predicted molar refractivity (Wildman–Crippen MR) is 91.4 cm³/mol. The molecule has 0 saturated carbocycles. The molecule has 1 fully saturated rings. The molecule has 3 rings (SSSR count). The van der Waals surface area contributed by atoms with E-state index in [2.05, 4.69) is 20.7 Å². The monoisotopic (exact) mass is 329 g/mol. The summed E-state index contributed by atoms with van der Waals surface area (Å²) in [4.78, 5) is 16.9. The molecule has 1 amide bonds. The third kappa shape index (κ3) is 3.73. The molecule has 0 aliphatic carbocycles. The van der Waals surface area contributed by atoms with E-state index in [0.29, 0.717) is 24.0 Å². The number of benzene rings is 1. The number of aromatic nitrogens is 3. The summed E-state index contributed by atoms with van der Waals surface area (Å²) >= 11 is 0. The smallest absolute Gasteiger partial charge is 0.258 e. The first kappa shape index (κ1) is 16.4. The molecule has 2 N–H and O–H groups in total. The number of carbonyl (C=O) groups excluding carboxylic acids is 1. The van der Waals surface area contributed by atoms with Crippen LogP contribution in [0.25, 0.3) is 0 Å². The van der Waals surface area contributed by atoms with Crippen LogP contribution in [-0.4, -0.2) is 40.4 Å². The van der Waals surface area contributed by atoms with E-state index in [1.807, 2.05) is 6.92 Å². The van der Waals surface area contributed by atoms with Gasteiger partial charge in [-0.15, -0.1) is 0 Å². The maximum Gasteiger partial charge on any atom is 0.258 e. The van der Waals surface area contributed by atoms with E-state index in [0.717, 1.165) is 37.5 Å². The molecule has 2 heterocycles. The molecule has 2 aromatic rings. The summed E-state index contributed by atoms with van der Waals surface area (Å²) in [5.74, 6) is 2.18. The van der Waals surface area contributed by atoms with Gasteiger partial charge in [-0.2, -0.15) is 10.1 Å². The Kier molecular flexibility index (Phi) is 5.10. The lowest BCUT2D eigenvalue weighted by Gasteiger charge is -2.19. The number of aryl methyl sites for hydroxylation is 1. The lowest BCUT2D eigenvalue weighted by atomic mass is 9.98. The van der Waals surface area contributed by atoms with Crippen molar-refractivity contribution in [2.45, 2.75) is 25.7 Å². The van der Waals surface area contributed by atoms with Crippen LogP contribution in [0.3, 0.4) is 0 Å². The van der Waals surface area contributed by atoms with Gasteiger partial charge in [-0.05, 0) is 57.1 Å². The number of nitrogens with one attached hydrogen (secondary N) is 2. The van der Waals surface area contributed by atoms with E-state index >= 15 is 0 Å². The van der Waals surface area contributed by atoms with Crippen LogP contribution in [0.15, 0.2) is 24.3 Å². The fourth-order valence-corrected chi connectivity index (χ4v) is 2.81. The highest BCUT2D eigenvalue weighted by Gasteiger charge is 2.21. The first-order valence-corrected chi connectivity index (χ1v) is 8.33. The summed E-state index contributed by atoms with van der Waals surface area (Å²) in [7, 11) is 1.80. The minimum absolute atomic E-state index is 0.203. The van der Waals surface area contributed by atoms with Crippen molar-refractivity contribution in [2.24, 2.45) is 7.05 Å². The van der Waals surface area contributed by atoms with Crippen LogP contribution >= 0.6 is 0 Å². The lowest BCUT2D eigenvalue weighted by molar-refractivity contribution is 0.102. The Balaban J connectivity index is 1.68. The molecule has 0 bridgehead atoms. The van der Waals surface area contributed by atoms with Gasteiger partial charge in [0.2, 0.25) is 5.95 Å². The van der Waals surface area contributed by atoms with Gasteiger partial charge in [0.1, 0.15) is 5.75 Å². The molecular formula is C17H23N5O2. The van der Waals surface area contributed by atoms with Crippen molar-refractivity contribution in [3.05, 3.63) is 35.7 Å². The molecule has 7 heteroatoms. The van der Waals surface area contributed by atoms with E-state index in [4.69, 9.17) is 4.74 Å². The fourth-order valence-electron chi connectivity index (χ4n) is 2.81. The van der Waals surface area contributed by atoms with Crippen molar-refractivity contribution < 1.29 is 9.53 Å². The van der Waals surface area contributed by atoms with Crippen LogP contribution in [0, 0.1) is 0 Å². The highest BCUT2D eigenvalue weighted by Crippen LogP contribution is 2.23. The van der Waals surface area contributed by atoms with Crippen molar-refractivity contribution >= 4 is 11.9 Å². The second-order valence-electron chi connectivity index (χ2n) is 5.85. The van der Waals surface area contributed by atoms with Crippen LogP contribution < -0.4 is 15.4 Å². The average Bonchev–Trinajstić information content (AvgIpc) is 2.97. The van der Waals surface area contributed by atoms with E-state index in [9.17, 15) is 4.79 Å². The van der Waals surface area contributed by atoms with Crippen molar-refractivity contribution in [2.75, 3.05) is 25.0 Å². The van der Waals surface area contributed by atoms with Crippen LogP contribution in [0.4, 0.5) is 5.95 Å². The largest absolute Gasteiger partial charge is 0.494 e. The zero-order valence-electron chi connectivity index (χ0n) is 14.1. The quantitative estimate of drug-likeness (QED) is 0.876. The number of rotatable bonds is 5. The van der Waals surface area contributed by atoms with Gasteiger partial charge in [0, 0.05) is 18.5 Å². The summed E-state index contributed by atoms with van der Waals surface area (Å²) in [6.07, 6.45) is 2.05. The van der Waals surface area contributed by atoms with E-state index in [1.54, 1.807) is 36.0 Å². The van der Waals surface area contributed by atoms with Gasteiger partial charge in [0.15, 0.2) is 5.82 Å². The van der Waals surface area contributed by atoms with Gasteiger partial charge in [0.25, 0.3) is 5.91 Å². The number of anilines is 1. The van der Waals surface area contributed by atoms with Crippen LogP contribution in [0.2, 0.25) is 0 Å². The molecule has 1 saturated heterocycles. The molecule has 7 nitrogen and oxygen atoms in total. The Bertz CT molecular complexity index is 690. The number of carbonyl (C=O) groups is 1. The Morgan fingerprint density at radius 1 is 1.33 bits per heavy atom. The third-order valence-corrected chi connectivity index (χ3v) is 4.14. The standard InChI is InChI=1S/C17H23N5O2/c1-3-24-14-6-4-13(5-7-14)16(23)20-17-19-15(21-22(17)2)12-8-10-18-11-9-12/h4-7,12,18H,3,8-11H2,1-2H3,(H,19,20,21,23). The maximum absolute atomic E-state index is 12.4. The number of hydrogen-bond acceptors (Lipinski definition) is 5. The molecule has 1 aromatic heterocycles. The van der Waals surface area contributed by atoms with Crippen LogP contribution in [-0.2, 0) is 7.05 Å². The molecule has 1 aromatic carbocycles. The number of amides is 1. The fraction of sp³-hybridized carbons (Fsp3) is 0.471. The van der Waals surface area contributed by atoms with Crippen LogP contribution in [0.5, 0.6) is 5.75 Å². The normalized spacial score (nSPS) is 15.2. The molecule has 0 atom stereocenters. The van der Waals surface area contributed by atoms with Crippen molar-refractivity contribution in [1.29, 1.82) is 0 Å². The van der Waals surface area contributed by atoms with Crippen LogP contribution in [0.1, 0.15) is 41.9 Å². The zero-order chi connectivity index (χ0) is 16.9. The van der Waals surface area contributed by atoms with E-state index in [1.165, 1.54) is 0 Å². The molecule has 1 aliphatic rings. The van der Waals surface area contributed by atoms with Gasteiger partial charge >= 0.3 is 0 Å². The van der Waals surface area contributed by atoms with Gasteiger partial charge in [0.05, 0.1) is 6.61 Å². The Labute approximate surface area is 141 Å². The third-order valence-electron chi connectivity index (χ3n) is 4.14. The number of piperidine rings is 1. The Morgan fingerprint density at radius 3 is 2.71 bits per heavy atom. The summed E-state index contributed by atoms with van der Waals surface area (Å²) in [5.41, 5.74) is 0.560. The predicted octanol–water partition coefficient (Wildman–Crippen LogP) is 1.93. The topological polar surface area (TPSA) is 81.1 Å². The molecular weight excluding hydrogens is 306 g/mol. The van der Waals surface area contributed by atoms with Crippen molar-refractivity contribution in [3.8, 4) is 5.75 Å². The van der Waals surface area contributed by atoms with E-state index < -0.39 is 0 Å². The Morgan fingerprint density at radius 2 is 2.04 bits per heavy atom. The van der Waals surface area contributed by atoms with Gasteiger partial charge in [-0.25, -0.2) is 4.68 Å². The molecule has 0 spiro atoms. The number of nitrogens with zero attached hydrogens (tertiary/aromatic N) is 3. The highest BCUT2D eigenvalue weighted by molar-refractivity contribution is 6.03. The zero-order valence-corrected chi connectivity index (χ0v) is 14.1. The average molecular weight is 329 g/mol. The molecule has 24 heavy (non-hydrogen) atoms. The molecule has 1 aliphatic heterocycles. The summed E-state index contributed by atoms with van der Waals surface area (Å²) in [6, 6.07) is 7.06. The summed E-state index contributed by atoms with van der Waals surface area (Å²) in [6.45, 7) is 4.49. The van der Waals surface area contributed by atoms with Gasteiger partial charge in [-0.3, -0.25) is 10.1 Å². The SMILES string of the molecule is CCOc1ccc(C(=O)Nc2nc(C3CCNCC3)nn2C)cc1. The van der Waals surface area contributed by atoms with Gasteiger partial charge < -0.3 is 10.1 Å². The minimum atomic E-state index is -0.203. The Hall–Kier alpha value is -2.41. The lowest BCUT2D eigenvalue weighted by Crippen LogP contribution is -2.27. The highest BCUT2D eigenvalue weighted by atomic mass is 16.5. The van der Waals surface area contributed by atoms with E-state index in [-0.39, 0.29) is 5.91 Å². The molecule has 128 valence electrons. The second-order valence-corrected chi connectivity index (χ2v) is 5.85. The second kappa shape index (κ2) is 7.44. The summed E-state index contributed by atoms with van der Waals surface area (Å²) < 4.78 is 7.01. The molecule has 0 radical (unpaired) electrons. The van der Waals surface area contributed by atoms with Gasteiger partial charge in [-0.1, -0.05) is 0 Å². The van der Waals surface area contributed by atoms with Crippen molar-refractivity contribution in [1.82, 2.24) is 20.1 Å². The number of hydrogen-bond donors (Lipinski definition) is 2. The maximum atomic E-state index is 12.4. The molecule has 0 unspecified atom stereocenters. The summed E-state index contributed by atoms with van der Waals surface area (Å²) in [5, 5.41) is 10.6. The number of ether oxygens (including phenoxy) is 1. The first-order valence-electron chi connectivity index (χ1n) is 8.33. The first-order chi connectivity index (χ1) is 11.7.